The van der Waals surface area contributed by atoms with Crippen molar-refractivity contribution in [3.05, 3.63) is 28.5 Å². The quantitative estimate of drug-likeness (QED) is 0.835. The van der Waals surface area contributed by atoms with Crippen LogP contribution in [-0.4, -0.2) is 11.7 Å². The monoisotopic (exact) mass is 304 g/mol. The molecule has 0 spiro atoms. The van der Waals surface area contributed by atoms with Gasteiger partial charge in [-0.25, -0.2) is 4.39 Å². The topological polar surface area (TPSA) is 24.1 Å². The number of hydrogen-bond acceptors (Lipinski definition) is 1. The summed E-state index contributed by atoms with van der Waals surface area (Å²) >= 11 is 8.41. The lowest BCUT2D eigenvalue weighted by molar-refractivity contribution is 0.625. The molecule has 0 heterocycles. The molecule has 0 amide bonds. The van der Waals surface area contributed by atoms with Gasteiger partial charge in [0.15, 0.2) is 5.11 Å². The van der Waals surface area contributed by atoms with Crippen molar-refractivity contribution in [2.45, 2.75) is 13.8 Å². The summed E-state index contributed by atoms with van der Waals surface area (Å²) in [5.74, 6) is 0.216. The van der Waals surface area contributed by atoms with Crippen LogP contribution in [0.1, 0.15) is 13.8 Å². The highest BCUT2D eigenvalue weighted by molar-refractivity contribution is 9.10. The third-order valence-electron chi connectivity index (χ3n) is 1.85. The molecule has 5 heteroatoms. The van der Waals surface area contributed by atoms with Crippen LogP contribution in [-0.2, 0) is 0 Å². The lowest BCUT2D eigenvalue weighted by Crippen LogP contribution is -2.31. The van der Waals surface area contributed by atoms with E-state index in [0.717, 1.165) is 11.0 Å². The lowest BCUT2D eigenvalue weighted by Gasteiger charge is -2.13. The Bertz CT molecular complexity index is 382. The first kappa shape index (κ1) is 13.4. The number of rotatable bonds is 3. The molecule has 0 aliphatic carbocycles. The average molecular weight is 305 g/mol. The molecule has 0 saturated carbocycles. The van der Waals surface area contributed by atoms with Crippen LogP contribution >= 0.6 is 28.1 Å². The molecule has 2 N–H and O–H groups in total. The Labute approximate surface area is 109 Å². The van der Waals surface area contributed by atoms with E-state index in [2.05, 4.69) is 40.4 Å². The third-order valence-corrected chi connectivity index (χ3v) is 2.79. The van der Waals surface area contributed by atoms with Gasteiger partial charge in [-0.3, -0.25) is 0 Å². The maximum Gasteiger partial charge on any atom is 0.170 e. The van der Waals surface area contributed by atoms with E-state index >= 15 is 0 Å². The van der Waals surface area contributed by atoms with Crippen molar-refractivity contribution in [1.82, 2.24) is 5.32 Å². The van der Waals surface area contributed by atoms with E-state index in [0.29, 0.717) is 16.7 Å². The second kappa shape index (κ2) is 6.15. The summed E-state index contributed by atoms with van der Waals surface area (Å²) in [5, 5.41) is 6.49. The zero-order valence-electron chi connectivity index (χ0n) is 9.18. The first-order chi connectivity index (χ1) is 7.49. The Balaban J connectivity index is 2.59. The highest BCUT2D eigenvalue weighted by atomic mass is 79.9. The third kappa shape index (κ3) is 4.45. The molecule has 1 aromatic rings. The van der Waals surface area contributed by atoms with E-state index in [4.69, 9.17) is 12.2 Å². The number of hydrogen-bond donors (Lipinski definition) is 2. The Hall–Kier alpha value is -0.680. The maximum atomic E-state index is 13.0. The van der Waals surface area contributed by atoms with Crippen LogP contribution in [0.2, 0.25) is 0 Å². The average Bonchev–Trinajstić information content (AvgIpc) is 2.20. The SMILES string of the molecule is CC(C)CNC(=S)Nc1cc(F)ccc1Br. The molecule has 0 aliphatic rings. The number of benzene rings is 1. The van der Waals surface area contributed by atoms with Crippen molar-refractivity contribution in [1.29, 1.82) is 0 Å². The number of anilines is 1. The highest BCUT2D eigenvalue weighted by Crippen LogP contribution is 2.22. The van der Waals surface area contributed by atoms with Crippen LogP contribution < -0.4 is 10.6 Å². The van der Waals surface area contributed by atoms with Crippen molar-refractivity contribution >= 4 is 38.9 Å². The lowest BCUT2D eigenvalue weighted by atomic mass is 10.2. The summed E-state index contributed by atoms with van der Waals surface area (Å²) < 4.78 is 13.8. The minimum atomic E-state index is -0.294. The van der Waals surface area contributed by atoms with Crippen molar-refractivity contribution in [2.24, 2.45) is 5.92 Å². The summed E-state index contributed by atoms with van der Waals surface area (Å²) in [6.07, 6.45) is 0. The smallest absolute Gasteiger partial charge is 0.170 e. The van der Waals surface area contributed by atoms with E-state index in [1.807, 2.05) is 0 Å². The van der Waals surface area contributed by atoms with E-state index in [1.54, 1.807) is 6.07 Å². The van der Waals surface area contributed by atoms with Crippen LogP contribution in [0.15, 0.2) is 22.7 Å². The standard InChI is InChI=1S/C11H14BrFN2S/c1-7(2)6-14-11(16)15-10-5-8(13)3-4-9(10)12/h3-5,7H,6H2,1-2H3,(H2,14,15,16). The van der Waals surface area contributed by atoms with Gasteiger partial charge in [0.05, 0.1) is 5.69 Å². The van der Waals surface area contributed by atoms with Crippen molar-refractivity contribution < 1.29 is 4.39 Å². The molecular weight excluding hydrogens is 291 g/mol. The summed E-state index contributed by atoms with van der Waals surface area (Å²) in [4.78, 5) is 0. The van der Waals surface area contributed by atoms with Gasteiger partial charge in [-0.1, -0.05) is 13.8 Å². The van der Waals surface area contributed by atoms with Gasteiger partial charge in [-0.2, -0.15) is 0 Å². The zero-order chi connectivity index (χ0) is 12.1. The molecule has 2 nitrogen and oxygen atoms in total. The Morgan fingerprint density at radius 2 is 2.19 bits per heavy atom. The van der Waals surface area contributed by atoms with Crippen LogP contribution in [0.3, 0.4) is 0 Å². The minimum absolute atomic E-state index is 0.294. The van der Waals surface area contributed by atoms with E-state index < -0.39 is 0 Å². The number of nitrogens with one attached hydrogen (secondary N) is 2. The summed E-state index contributed by atoms with van der Waals surface area (Å²) in [5.41, 5.74) is 0.626. The molecular formula is C11H14BrFN2S. The predicted molar refractivity (Wildman–Crippen MR) is 73.2 cm³/mol. The van der Waals surface area contributed by atoms with Crippen molar-refractivity contribution in [3.63, 3.8) is 0 Å². The molecule has 0 unspecified atom stereocenters. The molecule has 1 aromatic carbocycles. The molecule has 16 heavy (non-hydrogen) atoms. The molecule has 0 atom stereocenters. The van der Waals surface area contributed by atoms with Gasteiger partial charge in [0, 0.05) is 11.0 Å². The summed E-state index contributed by atoms with van der Waals surface area (Å²) in [6, 6.07) is 4.43. The van der Waals surface area contributed by atoms with Gasteiger partial charge in [-0.05, 0) is 52.3 Å². The van der Waals surface area contributed by atoms with Gasteiger partial charge in [0.1, 0.15) is 5.82 Å². The fourth-order valence-corrected chi connectivity index (χ4v) is 1.60. The zero-order valence-corrected chi connectivity index (χ0v) is 11.6. The Kier molecular flexibility index (Phi) is 5.15. The first-order valence-electron chi connectivity index (χ1n) is 4.99. The van der Waals surface area contributed by atoms with Crippen LogP contribution in [0.25, 0.3) is 0 Å². The van der Waals surface area contributed by atoms with Crippen molar-refractivity contribution in [2.75, 3.05) is 11.9 Å². The number of halogens is 2. The molecule has 0 saturated heterocycles. The maximum absolute atomic E-state index is 13.0. The number of thiocarbonyl (C=S) groups is 1. The molecule has 0 aromatic heterocycles. The van der Waals surface area contributed by atoms with Gasteiger partial charge >= 0.3 is 0 Å². The van der Waals surface area contributed by atoms with E-state index in [-0.39, 0.29) is 5.82 Å². The minimum Gasteiger partial charge on any atom is -0.362 e. The van der Waals surface area contributed by atoms with Gasteiger partial charge in [0.2, 0.25) is 0 Å². The molecule has 1 rings (SSSR count). The van der Waals surface area contributed by atoms with E-state index in [1.165, 1.54) is 12.1 Å². The molecule has 0 fully saturated rings. The second-order valence-corrected chi connectivity index (χ2v) is 5.12. The molecule has 0 radical (unpaired) electrons. The van der Waals surface area contributed by atoms with Crippen LogP contribution in [0, 0.1) is 11.7 Å². The molecule has 0 aliphatic heterocycles. The fraction of sp³-hybridized carbons (Fsp3) is 0.364. The fourth-order valence-electron chi connectivity index (χ4n) is 1.06. The van der Waals surface area contributed by atoms with Gasteiger partial charge in [-0.15, -0.1) is 0 Å². The van der Waals surface area contributed by atoms with Crippen LogP contribution in [0.4, 0.5) is 10.1 Å². The van der Waals surface area contributed by atoms with Gasteiger partial charge < -0.3 is 10.6 Å². The summed E-state index contributed by atoms with van der Waals surface area (Å²) in [6.45, 7) is 4.97. The molecule has 88 valence electrons. The van der Waals surface area contributed by atoms with Gasteiger partial charge in [0.25, 0.3) is 0 Å². The predicted octanol–water partition coefficient (Wildman–Crippen LogP) is 3.53. The Morgan fingerprint density at radius 3 is 2.81 bits per heavy atom. The Morgan fingerprint density at radius 1 is 1.50 bits per heavy atom. The van der Waals surface area contributed by atoms with Crippen LogP contribution in [0.5, 0.6) is 0 Å². The normalized spacial score (nSPS) is 10.3. The summed E-state index contributed by atoms with van der Waals surface area (Å²) in [7, 11) is 0. The van der Waals surface area contributed by atoms with E-state index in [9.17, 15) is 4.39 Å². The highest BCUT2D eigenvalue weighted by Gasteiger charge is 2.04. The molecule has 0 bridgehead atoms. The first-order valence-corrected chi connectivity index (χ1v) is 6.19. The second-order valence-electron chi connectivity index (χ2n) is 3.85. The largest absolute Gasteiger partial charge is 0.362 e. The van der Waals surface area contributed by atoms with Crippen molar-refractivity contribution in [3.8, 4) is 0 Å².